The van der Waals surface area contributed by atoms with Gasteiger partial charge in [-0.3, -0.25) is 14.4 Å². The molecule has 0 saturated carbocycles. The molecule has 1 aliphatic heterocycles. The highest BCUT2D eigenvalue weighted by Crippen LogP contribution is 2.41. The van der Waals surface area contributed by atoms with E-state index in [-0.39, 0.29) is 35.8 Å². The van der Waals surface area contributed by atoms with Gasteiger partial charge < -0.3 is 24.2 Å². The van der Waals surface area contributed by atoms with Crippen LogP contribution in [-0.4, -0.2) is 55.0 Å². The third-order valence-electron chi connectivity index (χ3n) is 4.87. The zero-order valence-corrected chi connectivity index (χ0v) is 17.5. The average Bonchev–Trinajstić information content (AvgIpc) is 3.01. The van der Waals surface area contributed by atoms with Gasteiger partial charge in [0.25, 0.3) is 11.7 Å². The molecular weight excluding hydrogens is 402 g/mol. The van der Waals surface area contributed by atoms with Gasteiger partial charge in [0.2, 0.25) is 0 Å². The first-order chi connectivity index (χ1) is 14.9. The molecule has 1 unspecified atom stereocenters. The number of methoxy groups -OCH3 is 2. The van der Waals surface area contributed by atoms with Crippen molar-refractivity contribution < 1.29 is 33.7 Å². The minimum absolute atomic E-state index is 0.0782. The van der Waals surface area contributed by atoms with Gasteiger partial charge in [0.1, 0.15) is 17.3 Å². The lowest BCUT2D eigenvalue weighted by Crippen LogP contribution is -2.32. The molecule has 1 saturated heterocycles. The molecule has 0 bridgehead atoms. The van der Waals surface area contributed by atoms with Gasteiger partial charge in [-0.25, -0.2) is 0 Å². The standard InChI is InChI=1S/C23H23NO7/c1-14(25)31-16-8-6-7-15(13-16)20-19(22(27)23(28)24(20)11-12-29-2)21(26)17-9-4-5-10-18(17)30-3/h4-10,13,20,26H,11-12H2,1-3H3/b21-19-. The van der Waals surface area contributed by atoms with E-state index in [1.807, 2.05) is 0 Å². The molecule has 1 heterocycles. The number of hydrogen-bond donors (Lipinski definition) is 1. The monoisotopic (exact) mass is 425 g/mol. The number of aliphatic hydroxyl groups is 1. The largest absolute Gasteiger partial charge is 0.507 e. The van der Waals surface area contributed by atoms with E-state index in [0.717, 1.165) is 0 Å². The summed E-state index contributed by atoms with van der Waals surface area (Å²) >= 11 is 0. The average molecular weight is 425 g/mol. The van der Waals surface area contributed by atoms with Crippen molar-refractivity contribution in [2.75, 3.05) is 27.4 Å². The number of Topliss-reactive ketones (excluding diaryl/α,β-unsaturated/α-hetero) is 1. The number of carbonyl (C=O) groups is 3. The lowest BCUT2D eigenvalue weighted by atomic mass is 9.95. The minimum Gasteiger partial charge on any atom is -0.507 e. The van der Waals surface area contributed by atoms with E-state index in [1.54, 1.807) is 48.5 Å². The van der Waals surface area contributed by atoms with Crippen molar-refractivity contribution in [1.29, 1.82) is 0 Å². The third-order valence-corrected chi connectivity index (χ3v) is 4.87. The molecule has 1 amide bonds. The van der Waals surface area contributed by atoms with Crippen molar-refractivity contribution in [2.45, 2.75) is 13.0 Å². The number of amides is 1. The van der Waals surface area contributed by atoms with Crippen molar-refractivity contribution in [1.82, 2.24) is 4.90 Å². The molecule has 1 aliphatic rings. The van der Waals surface area contributed by atoms with Crippen molar-refractivity contribution in [3.63, 3.8) is 0 Å². The van der Waals surface area contributed by atoms with Crippen LogP contribution in [0.15, 0.2) is 54.1 Å². The summed E-state index contributed by atoms with van der Waals surface area (Å²) in [5.74, 6) is -1.80. The highest BCUT2D eigenvalue weighted by Gasteiger charge is 2.46. The molecule has 2 aromatic carbocycles. The highest BCUT2D eigenvalue weighted by atomic mass is 16.5. The summed E-state index contributed by atoms with van der Waals surface area (Å²) in [6.07, 6.45) is 0. The zero-order valence-electron chi connectivity index (χ0n) is 17.5. The normalized spacial score (nSPS) is 17.6. The van der Waals surface area contributed by atoms with Crippen molar-refractivity contribution >= 4 is 23.4 Å². The van der Waals surface area contributed by atoms with Gasteiger partial charge >= 0.3 is 5.97 Å². The SMILES string of the molecule is COCCN1C(=O)C(=O)/C(=C(\O)c2ccccc2OC)C1c1cccc(OC(C)=O)c1. The topological polar surface area (TPSA) is 102 Å². The maximum atomic E-state index is 13.0. The second-order valence-corrected chi connectivity index (χ2v) is 6.85. The Balaban J connectivity index is 2.19. The fraction of sp³-hybridized carbons (Fsp3) is 0.261. The number of ketones is 1. The number of rotatable bonds is 7. The first kappa shape index (κ1) is 22.0. The van der Waals surface area contributed by atoms with Crippen LogP contribution in [0.5, 0.6) is 11.5 Å². The predicted octanol–water partition coefficient (Wildman–Crippen LogP) is 2.69. The zero-order chi connectivity index (χ0) is 22.5. The van der Waals surface area contributed by atoms with Crippen molar-refractivity contribution in [3.8, 4) is 11.5 Å². The summed E-state index contributed by atoms with van der Waals surface area (Å²) in [5.41, 5.74) is 0.715. The molecule has 8 heteroatoms. The van der Waals surface area contributed by atoms with Crippen LogP contribution in [0.25, 0.3) is 5.76 Å². The molecule has 2 aromatic rings. The number of ether oxygens (including phenoxy) is 3. The van der Waals surface area contributed by atoms with Crippen LogP contribution in [0.4, 0.5) is 0 Å². The van der Waals surface area contributed by atoms with E-state index in [2.05, 4.69) is 0 Å². The molecule has 3 rings (SSSR count). The van der Waals surface area contributed by atoms with Crippen LogP contribution in [0.3, 0.4) is 0 Å². The summed E-state index contributed by atoms with van der Waals surface area (Å²) in [6, 6.07) is 12.3. The van der Waals surface area contributed by atoms with Crippen LogP contribution in [-0.2, 0) is 19.1 Å². The fourth-order valence-electron chi connectivity index (χ4n) is 3.55. The van der Waals surface area contributed by atoms with E-state index in [0.29, 0.717) is 11.3 Å². The summed E-state index contributed by atoms with van der Waals surface area (Å²) in [5, 5.41) is 11.1. The van der Waals surface area contributed by atoms with E-state index in [9.17, 15) is 19.5 Å². The molecule has 0 radical (unpaired) electrons. The molecule has 1 atom stereocenters. The van der Waals surface area contributed by atoms with Gasteiger partial charge in [0.15, 0.2) is 0 Å². The van der Waals surface area contributed by atoms with Gasteiger partial charge in [-0.2, -0.15) is 0 Å². The molecular formula is C23H23NO7. The van der Waals surface area contributed by atoms with E-state index < -0.39 is 23.7 Å². The lowest BCUT2D eigenvalue weighted by molar-refractivity contribution is -0.140. The maximum Gasteiger partial charge on any atom is 0.308 e. The molecule has 0 spiro atoms. The first-order valence-corrected chi connectivity index (χ1v) is 9.58. The van der Waals surface area contributed by atoms with E-state index in [4.69, 9.17) is 14.2 Å². The molecule has 162 valence electrons. The Morgan fingerprint density at radius 2 is 1.84 bits per heavy atom. The molecule has 1 N–H and O–H groups in total. The number of nitrogens with zero attached hydrogens (tertiary/aromatic N) is 1. The predicted molar refractivity (Wildman–Crippen MR) is 112 cm³/mol. The number of para-hydroxylation sites is 1. The molecule has 8 nitrogen and oxygen atoms in total. The second-order valence-electron chi connectivity index (χ2n) is 6.85. The lowest BCUT2D eigenvalue weighted by Gasteiger charge is -2.25. The van der Waals surface area contributed by atoms with E-state index in [1.165, 1.54) is 26.0 Å². The highest BCUT2D eigenvalue weighted by molar-refractivity contribution is 6.46. The quantitative estimate of drug-likeness (QED) is 0.239. The van der Waals surface area contributed by atoms with Gasteiger partial charge in [0.05, 0.1) is 30.9 Å². The fourth-order valence-corrected chi connectivity index (χ4v) is 3.55. The van der Waals surface area contributed by atoms with Gasteiger partial charge in [-0.15, -0.1) is 0 Å². The minimum atomic E-state index is -0.893. The Labute approximate surface area is 179 Å². The Kier molecular flexibility index (Phi) is 6.71. The summed E-state index contributed by atoms with van der Waals surface area (Å²) in [4.78, 5) is 38.5. The Morgan fingerprint density at radius 1 is 1.10 bits per heavy atom. The summed E-state index contributed by atoms with van der Waals surface area (Å²) in [7, 11) is 2.94. The van der Waals surface area contributed by atoms with E-state index >= 15 is 0 Å². The number of hydrogen-bond acceptors (Lipinski definition) is 7. The van der Waals surface area contributed by atoms with Crippen molar-refractivity contribution in [2.24, 2.45) is 0 Å². The van der Waals surface area contributed by atoms with Gasteiger partial charge in [-0.05, 0) is 29.8 Å². The van der Waals surface area contributed by atoms with Crippen LogP contribution in [0, 0.1) is 0 Å². The van der Waals surface area contributed by atoms with Crippen LogP contribution in [0.1, 0.15) is 24.1 Å². The molecule has 0 aromatic heterocycles. The molecule has 31 heavy (non-hydrogen) atoms. The molecule has 1 fully saturated rings. The first-order valence-electron chi connectivity index (χ1n) is 9.58. The van der Waals surface area contributed by atoms with Crippen LogP contribution < -0.4 is 9.47 Å². The summed E-state index contributed by atoms with van der Waals surface area (Å²) in [6.45, 7) is 1.60. The van der Waals surface area contributed by atoms with Gasteiger partial charge in [0, 0.05) is 20.6 Å². The number of carbonyl (C=O) groups excluding carboxylic acids is 3. The maximum absolute atomic E-state index is 13.0. The van der Waals surface area contributed by atoms with Crippen LogP contribution in [0.2, 0.25) is 0 Å². The Morgan fingerprint density at radius 3 is 2.52 bits per heavy atom. The Bertz CT molecular complexity index is 1040. The Hall–Kier alpha value is -3.65. The molecule has 0 aliphatic carbocycles. The number of benzene rings is 2. The van der Waals surface area contributed by atoms with Crippen molar-refractivity contribution in [3.05, 3.63) is 65.2 Å². The number of esters is 1. The summed E-state index contributed by atoms with van der Waals surface area (Å²) < 4.78 is 15.5. The third kappa shape index (κ3) is 4.44. The number of aliphatic hydroxyl groups excluding tert-OH is 1. The van der Waals surface area contributed by atoms with Crippen LogP contribution >= 0.6 is 0 Å². The number of likely N-dealkylation sites (tertiary alicyclic amines) is 1. The second kappa shape index (κ2) is 9.44. The van der Waals surface area contributed by atoms with Gasteiger partial charge in [-0.1, -0.05) is 24.3 Å². The smallest absolute Gasteiger partial charge is 0.308 e.